The second kappa shape index (κ2) is 12.3. The molecule has 1 aromatic carbocycles. The number of aliphatic hydroxyl groups excluding tert-OH is 1. The summed E-state index contributed by atoms with van der Waals surface area (Å²) in [5, 5.41) is 13.0. The number of hydrogen-bond donors (Lipinski definition) is 3. The molecule has 224 valence electrons. The van der Waals surface area contributed by atoms with Gasteiger partial charge in [0.1, 0.15) is 30.2 Å². The zero-order valence-corrected chi connectivity index (χ0v) is 23.8. The number of fused-ring (bicyclic) bond motifs is 1. The molecule has 0 spiro atoms. The summed E-state index contributed by atoms with van der Waals surface area (Å²) in [6, 6.07) is 7.13. The molecular formula is C27H32FN6O7P. The Morgan fingerprint density at radius 1 is 1.33 bits per heavy atom. The van der Waals surface area contributed by atoms with Gasteiger partial charge in [-0.05, 0) is 44.7 Å². The monoisotopic (exact) mass is 602 g/mol. The summed E-state index contributed by atoms with van der Waals surface area (Å²) < 4.78 is 53.1. The molecule has 13 nitrogen and oxygen atoms in total. The number of aliphatic hydroxyl groups is 1. The Hall–Kier alpha value is -3.60. The van der Waals surface area contributed by atoms with Gasteiger partial charge >= 0.3 is 19.8 Å². The minimum absolute atomic E-state index is 0.0236. The highest BCUT2D eigenvalue weighted by Gasteiger charge is 2.53. The molecule has 15 heteroatoms. The number of nitrogens with two attached hydrogens (primary N) is 1. The van der Waals surface area contributed by atoms with Crippen molar-refractivity contribution >= 4 is 30.7 Å². The average molecular weight is 603 g/mol. The van der Waals surface area contributed by atoms with E-state index in [0.29, 0.717) is 0 Å². The topological polar surface area (TPSA) is 173 Å². The van der Waals surface area contributed by atoms with Crippen LogP contribution in [0.3, 0.4) is 0 Å². The van der Waals surface area contributed by atoms with Crippen LogP contribution in [0.5, 0.6) is 5.75 Å². The summed E-state index contributed by atoms with van der Waals surface area (Å²) in [6.07, 6.45) is 8.05. The molecule has 0 unspecified atom stereocenters. The fraction of sp³-hybridized carbons (Fsp3) is 0.481. The molecule has 1 aliphatic carbocycles. The van der Waals surface area contributed by atoms with Crippen molar-refractivity contribution in [2.75, 3.05) is 12.3 Å². The molecule has 5 atom stereocenters. The van der Waals surface area contributed by atoms with Crippen LogP contribution < -0.4 is 15.3 Å². The third-order valence-electron chi connectivity index (χ3n) is 7.27. The number of halogens is 1. The average Bonchev–Trinajstić information content (AvgIpc) is 3.55. The number of para-hydroxylation sites is 1. The minimum atomic E-state index is -4.40. The number of aromatic nitrogens is 4. The van der Waals surface area contributed by atoms with Crippen LogP contribution >= 0.6 is 7.75 Å². The first-order valence-electron chi connectivity index (χ1n) is 13.6. The predicted molar refractivity (Wildman–Crippen MR) is 148 cm³/mol. The zero-order valence-electron chi connectivity index (χ0n) is 22.9. The number of imidazole rings is 1. The lowest BCUT2D eigenvalue weighted by atomic mass is 9.98. The highest BCUT2D eigenvalue weighted by Crippen LogP contribution is 2.52. The van der Waals surface area contributed by atoms with Crippen molar-refractivity contribution in [1.29, 1.82) is 0 Å². The van der Waals surface area contributed by atoms with Crippen molar-refractivity contribution in [3.63, 3.8) is 0 Å². The first-order valence-corrected chi connectivity index (χ1v) is 15.1. The summed E-state index contributed by atoms with van der Waals surface area (Å²) >= 11 is 0. The predicted octanol–water partition coefficient (Wildman–Crippen LogP) is 3.26. The van der Waals surface area contributed by atoms with Crippen LogP contribution in [0.4, 0.5) is 10.2 Å². The molecule has 2 fully saturated rings. The van der Waals surface area contributed by atoms with Crippen molar-refractivity contribution in [2.24, 2.45) is 0 Å². The SMILES string of the molecule is C#C[C@]1(CO)O[C@@H](n2cnc3c(N)nc(F)nc32)C[C@@H]1O[P@@](=O)(N[C@@H](C)C(=O)OC1CCCCC1)Oc1ccccc1. The lowest BCUT2D eigenvalue weighted by Crippen LogP contribution is -2.45. The fourth-order valence-corrected chi connectivity index (χ4v) is 6.80. The van der Waals surface area contributed by atoms with Crippen molar-refractivity contribution in [2.45, 2.75) is 75.5 Å². The summed E-state index contributed by atoms with van der Waals surface area (Å²) in [4.78, 5) is 24.3. The number of hydrogen-bond acceptors (Lipinski definition) is 11. The van der Waals surface area contributed by atoms with Crippen LogP contribution in [0, 0.1) is 18.4 Å². The molecule has 1 saturated heterocycles. The summed E-state index contributed by atoms with van der Waals surface area (Å²) in [5.74, 6) is 1.80. The molecule has 0 bridgehead atoms. The van der Waals surface area contributed by atoms with Crippen molar-refractivity contribution in [3.05, 3.63) is 42.7 Å². The lowest BCUT2D eigenvalue weighted by Gasteiger charge is -2.31. The van der Waals surface area contributed by atoms with Crippen molar-refractivity contribution < 1.29 is 37.4 Å². The Morgan fingerprint density at radius 2 is 2.07 bits per heavy atom. The maximum absolute atomic E-state index is 14.3. The molecule has 2 aliphatic rings. The normalized spacial score (nSPS) is 25.0. The van der Waals surface area contributed by atoms with Crippen LogP contribution in [0.2, 0.25) is 0 Å². The van der Waals surface area contributed by atoms with E-state index in [0.717, 1.165) is 32.1 Å². The van der Waals surface area contributed by atoms with E-state index in [4.69, 9.17) is 30.7 Å². The van der Waals surface area contributed by atoms with E-state index in [-0.39, 0.29) is 35.3 Å². The molecule has 1 aliphatic heterocycles. The van der Waals surface area contributed by atoms with Crippen molar-refractivity contribution in [3.8, 4) is 18.1 Å². The summed E-state index contributed by atoms with van der Waals surface area (Å²) in [5.41, 5.74) is 4.13. The van der Waals surface area contributed by atoms with Gasteiger partial charge in [-0.2, -0.15) is 19.4 Å². The number of benzene rings is 1. The number of ether oxygens (including phenoxy) is 2. The van der Waals surface area contributed by atoms with E-state index in [1.165, 1.54) is 17.8 Å². The van der Waals surface area contributed by atoms with E-state index in [1.807, 2.05) is 0 Å². The minimum Gasteiger partial charge on any atom is -0.461 e. The van der Waals surface area contributed by atoms with Gasteiger partial charge in [0.2, 0.25) is 0 Å². The second-order valence-electron chi connectivity index (χ2n) is 10.2. The quantitative estimate of drug-likeness (QED) is 0.134. The molecule has 0 amide bonds. The van der Waals surface area contributed by atoms with Gasteiger partial charge in [-0.15, -0.1) is 6.42 Å². The Morgan fingerprint density at radius 3 is 2.76 bits per heavy atom. The van der Waals surface area contributed by atoms with Crippen LogP contribution in [-0.4, -0.2) is 61.1 Å². The molecule has 1 saturated carbocycles. The lowest BCUT2D eigenvalue weighted by molar-refractivity contribution is -0.152. The Kier molecular flexibility index (Phi) is 8.77. The molecule has 5 rings (SSSR count). The Bertz CT molecular complexity index is 1510. The molecule has 3 heterocycles. The summed E-state index contributed by atoms with van der Waals surface area (Å²) in [7, 11) is -4.40. The zero-order chi connectivity index (χ0) is 29.9. The van der Waals surface area contributed by atoms with E-state index < -0.39 is 50.4 Å². The molecule has 0 radical (unpaired) electrons. The smallest absolute Gasteiger partial charge is 0.459 e. The van der Waals surface area contributed by atoms with E-state index >= 15 is 0 Å². The number of carbonyl (C=O) groups is 1. The first-order chi connectivity index (χ1) is 20.1. The van der Waals surface area contributed by atoms with E-state index in [1.54, 1.807) is 30.3 Å². The number of anilines is 1. The van der Waals surface area contributed by atoms with Crippen LogP contribution in [-0.2, 0) is 23.4 Å². The standard InChI is InChI=1S/C27H32FN6O7P/c1-3-27(15-35)20(14-21(39-27)34-16-30-22-23(29)31-26(28)32-24(22)34)41-42(37,40-19-12-8-5-9-13-19)33-17(2)25(36)38-18-10-6-4-7-11-18/h1,5,8-9,12-13,16-18,20-21,35H,4,6-7,10-11,14-15H2,2H3,(H,33,37)(H2,29,31,32)/t17-,20-,21+,27+,42+/m0/s1. The highest BCUT2D eigenvalue weighted by molar-refractivity contribution is 7.52. The Balaban J connectivity index is 1.41. The number of nitrogens with one attached hydrogen (secondary N) is 1. The van der Waals surface area contributed by atoms with Crippen molar-refractivity contribution in [1.82, 2.24) is 24.6 Å². The Labute approximate surface area is 241 Å². The van der Waals surface area contributed by atoms with Crippen LogP contribution in [0.25, 0.3) is 11.2 Å². The van der Waals surface area contributed by atoms with E-state index in [9.17, 15) is 18.9 Å². The van der Waals surface area contributed by atoms with Gasteiger partial charge in [-0.3, -0.25) is 13.9 Å². The highest BCUT2D eigenvalue weighted by atomic mass is 31.2. The third kappa shape index (κ3) is 6.25. The molecule has 3 aromatic rings. The van der Waals surface area contributed by atoms with Gasteiger partial charge in [0.05, 0.1) is 12.9 Å². The maximum Gasteiger partial charge on any atom is 0.459 e. The number of nitrogen functional groups attached to an aromatic ring is 1. The van der Waals surface area contributed by atoms with Crippen LogP contribution in [0.15, 0.2) is 36.7 Å². The van der Waals surface area contributed by atoms with Gasteiger partial charge in [0.15, 0.2) is 22.6 Å². The third-order valence-corrected chi connectivity index (χ3v) is 8.95. The molecule has 4 N–H and O–H groups in total. The summed E-state index contributed by atoms with van der Waals surface area (Å²) in [6.45, 7) is 0.758. The molecular weight excluding hydrogens is 570 g/mol. The number of esters is 1. The van der Waals surface area contributed by atoms with Crippen LogP contribution in [0.1, 0.15) is 51.7 Å². The van der Waals surface area contributed by atoms with Gasteiger partial charge in [0.25, 0.3) is 0 Å². The number of nitrogens with zero attached hydrogens (tertiary/aromatic N) is 4. The maximum atomic E-state index is 14.3. The molecule has 2 aromatic heterocycles. The van der Waals surface area contributed by atoms with Gasteiger partial charge in [0, 0.05) is 6.42 Å². The number of carbonyl (C=O) groups excluding carboxylic acids is 1. The number of terminal acetylenes is 1. The molecule has 42 heavy (non-hydrogen) atoms. The second-order valence-corrected chi connectivity index (χ2v) is 11.9. The largest absolute Gasteiger partial charge is 0.461 e. The number of rotatable bonds is 10. The van der Waals surface area contributed by atoms with Gasteiger partial charge in [-0.1, -0.05) is 30.5 Å². The van der Waals surface area contributed by atoms with Gasteiger partial charge < -0.3 is 24.8 Å². The first kappa shape index (κ1) is 29.9. The van der Waals surface area contributed by atoms with E-state index in [2.05, 4.69) is 26.0 Å². The van der Waals surface area contributed by atoms with Gasteiger partial charge in [-0.25, -0.2) is 9.55 Å². The fourth-order valence-electron chi connectivity index (χ4n) is 5.08.